The van der Waals surface area contributed by atoms with Gasteiger partial charge in [-0.15, -0.1) is 0 Å². The summed E-state index contributed by atoms with van der Waals surface area (Å²) < 4.78 is 5.91. The van der Waals surface area contributed by atoms with Gasteiger partial charge in [-0.1, -0.05) is 48.5 Å². The average molecular weight is 411 g/mol. The van der Waals surface area contributed by atoms with Gasteiger partial charge in [0.1, 0.15) is 5.58 Å². The summed E-state index contributed by atoms with van der Waals surface area (Å²) in [6, 6.07) is 17.9. The lowest BCUT2D eigenvalue weighted by Gasteiger charge is -2.17. The third-order valence-electron chi connectivity index (χ3n) is 4.43. The number of amides is 2. The third kappa shape index (κ3) is 5.41. The van der Waals surface area contributed by atoms with Crippen LogP contribution in [0.3, 0.4) is 0 Å². The summed E-state index contributed by atoms with van der Waals surface area (Å²) in [5.74, 6) is 1.34. The highest BCUT2D eigenvalue weighted by Crippen LogP contribution is 2.31. The Bertz CT molecular complexity index is 982. The molecule has 0 saturated heterocycles. The van der Waals surface area contributed by atoms with Crippen molar-refractivity contribution in [2.45, 2.75) is 31.4 Å². The summed E-state index contributed by atoms with van der Waals surface area (Å²) in [4.78, 5) is 26.5. The molecular formula is C23H26N2O3S. The Morgan fingerprint density at radius 2 is 1.72 bits per heavy atom. The molecule has 3 rings (SSSR count). The molecule has 0 unspecified atom stereocenters. The summed E-state index contributed by atoms with van der Waals surface area (Å²) >= 11 is 1.73. The third-order valence-corrected chi connectivity index (χ3v) is 5.46. The second kappa shape index (κ2) is 9.65. The summed E-state index contributed by atoms with van der Waals surface area (Å²) in [7, 11) is 1.62. The van der Waals surface area contributed by atoms with Gasteiger partial charge >= 0.3 is 0 Å². The molecule has 1 heterocycles. The number of furan rings is 1. The first-order chi connectivity index (χ1) is 14.0. The number of benzene rings is 2. The van der Waals surface area contributed by atoms with Gasteiger partial charge in [-0.25, -0.2) is 0 Å². The van der Waals surface area contributed by atoms with E-state index >= 15 is 0 Å². The molecule has 1 N–H and O–H groups in total. The fourth-order valence-electron chi connectivity index (χ4n) is 3.09. The molecule has 0 spiro atoms. The Morgan fingerprint density at radius 3 is 2.45 bits per heavy atom. The SMILES string of the molecule is CC(C)NC(=O)CN(C)C(=O)c1oc2ccccc2c1CSCc1ccccc1. The van der Waals surface area contributed by atoms with E-state index in [1.165, 1.54) is 10.5 Å². The monoisotopic (exact) mass is 410 g/mol. The number of nitrogens with zero attached hydrogens (tertiary/aromatic N) is 1. The van der Waals surface area contributed by atoms with Crippen molar-refractivity contribution in [2.75, 3.05) is 13.6 Å². The molecular weight excluding hydrogens is 384 g/mol. The molecule has 2 amide bonds. The summed E-state index contributed by atoms with van der Waals surface area (Å²) in [5.41, 5.74) is 2.80. The highest BCUT2D eigenvalue weighted by molar-refractivity contribution is 7.97. The van der Waals surface area contributed by atoms with Crippen LogP contribution in [-0.2, 0) is 16.3 Å². The number of nitrogens with one attached hydrogen (secondary N) is 1. The van der Waals surface area contributed by atoms with E-state index in [0.717, 1.165) is 16.7 Å². The van der Waals surface area contributed by atoms with Crippen LogP contribution < -0.4 is 5.32 Å². The van der Waals surface area contributed by atoms with Crippen LogP contribution in [-0.4, -0.2) is 36.3 Å². The van der Waals surface area contributed by atoms with E-state index in [2.05, 4.69) is 17.4 Å². The fraction of sp³-hybridized carbons (Fsp3) is 0.304. The molecule has 3 aromatic rings. The number of thioether (sulfide) groups is 1. The lowest BCUT2D eigenvalue weighted by Crippen LogP contribution is -2.40. The van der Waals surface area contributed by atoms with Crippen molar-refractivity contribution in [3.8, 4) is 0 Å². The molecule has 29 heavy (non-hydrogen) atoms. The van der Waals surface area contributed by atoms with E-state index < -0.39 is 0 Å². The van der Waals surface area contributed by atoms with Crippen molar-refractivity contribution in [1.82, 2.24) is 10.2 Å². The van der Waals surface area contributed by atoms with E-state index in [9.17, 15) is 9.59 Å². The normalized spacial score (nSPS) is 11.0. The molecule has 6 heteroatoms. The van der Waals surface area contributed by atoms with Gasteiger partial charge in [-0.2, -0.15) is 11.8 Å². The number of rotatable bonds is 8. The maximum absolute atomic E-state index is 13.0. The van der Waals surface area contributed by atoms with Gasteiger partial charge in [-0.3, -0.25) is 9.59 Å². The molecule has 0 aliphatic rings. The number of likely N-dealkylation sites (N-methyl/N-ethyl adjacent to an activating group) is 1. The Hall–Kier alpha value is -2.73. The fourth-order valence-corrected chi connectivity index (χ4v) is 4.11. The molecule has 5 nitrogen and oxygen atoms in total. The largest absolute Gasteiger partial charge is 0.451 e. The van der Waals surface area contributed by atoms with Crippen molar-refractivity contribution in [1.29, 1.82) is 0 Å². The molecule has 0 atom stereocenters. The van der Waals surface area contributed by atoms with Crippen LogP contribution in [0.5, 0.6) is 0 Å². The first-order valence-corrected chi connectivity index (χ1v) is 10.8. The van der Waals surface area contributed by atoms with Gasteiger partial charge in [-0.05, 0) is 25.5 Å². The highest BCUT2D eigenvalue weighted by atomic mass is 32.2. The van der Waals surface area contributed by atoms with E-state index in [1.54, 1.807) is 18.8 Å². The quantitative estimate of drug-likeness (QED) is 0.595. The van der Waals surface area contributed by atoms with Crippen LogP contribution in [0.4, 0.5) is 0 Å². The number of carbonyl (C=O) groups excluding carboxylic acids is 2. The number of carbonyl (C=O) groups is 2. The van der Waals surface area contributed by atoms with E-state index in [-0.39, 0.29) is 24.4 Å². The van der Waals surface area contributed by atoms with Crippen molar-refractivity contribution < 1.29 is 14.0 Å². The van der Waals surface area contributed by atoms with Gasteiger partial charge in [0.2, 0.25) is 5.91 Å². The highest BCUT2D eigenvalue weighted by Gasteiger charge is 2.24. The molecule has 0 radical (unpaired) electrons. The molecule has 2 aromatic carbocycles. The predicted molar refractivity (Wildman–Crippen MR) is 118 cm³/mol. The topological polar surface area (TPSA) is 62.6 Å². The smallest absolute Gasteiger partial charge is 0.290 e. The average Bonchev–Trinajstić information content (AvgIpc) is 3.06. The molecule has 0 aliphatic heterocycles. The van der Waals surface area contributed by atoms with E-state index in [1.807, 2.05) is 56.3 Å². The number of fused-ring (bicyclic) bond motifs is 1. The summed E-state index contributed by atoms with van der Waals surface area (Å²) in [6.45, 7) is 3.77. The molecule has 1 aromatic heterocycles. The van der Waals surface area contributed by atoms with E-state index in [0.29, 0.717) is 17.1 Å². The van der Waals surface area contributed by atoms with Crippen molar-refractivity contribution >= 4 is 34.5 Å². The molecule has 0 fully saturated rings. The summed E-state index contributed by atoms with van der Waals surface area (Å²) in [6.07, 6.45) is 0. The zero-order valence-corrected chi connectivity index (χ0v) is 17.8. The second-order valence-electron chi connectivity index (χ2n) is 7.27. The van der Waals surface area contributed by atoms with Gasteiger partial charge < -0.3 is 14.6 Å². The molecule has 0 aliphatic carbocycles. The van der Waals surface area contributed by atoms with Crippen LogP contribution in [0.1, 0.15) is 35.5 Å². The standard InChI is InChI=1S/C23H26N2O3S/c1-16(2)24-21(26)13-25(3)23(27)22-19(18-11-7-8-12-20(18)28-22)15-29-14-17-9-5-4-6-10-17/h4-12,16H,13-15H2,1-3H3,(H,24,26). The Labute approximate surface area is 175 Å². The second-order valence-corrected chi connectivity index (χ2v) is 8.25. The molecule has 0 saturated carbocycles. The van der Waals surface area contributed by atoms with Crippen LogP contribution >= 0.6 is 11.8 Å². The number of hydrogen-bond acceptors (Lipinski definition) is 4. The zero-order chi connectivity index (χ0) is 20.8. The van der Waals surface area contributed by atoms with Gasteiger partial charge in [0, 0.05) is 35.5 Å². The van der Waals surface area contributed by atoms with E-state index in [4.69, 9.17) is 4.42 Å². The first kappa shape index (κ1) is 21.0. The predicted octanol–water partition coefficient (Wildman–Crippen LogP) is 4.46. The number of para-hydroxylation sites is 1. The summed E-state index contributed by atoms with van der Waals surface area (Å²) in [5, 5.41) is 3.75. The minimum absolute atomic E-state index is 0.00927. The minimum Gasteiger partial charge on any atom is -0.451 e. The van der Waals surface area contributed by atoms with Crippen LogP contribution in [0.15, 0.2) is 59.0 Å². The van der Waals surface area contributed by atoms with Crippen molar-refractivity contribution in [3.63, 3.8) is 0 Å². The Morgan fingerprint density at radius 1 is 1.03 bits per heavy atom. The zero-order valence-electron chi connectivity index (χ0n) is 17.0. The Kier molecular flexibility index (Phi) is 6.99. The van der Waals surface area contributed by atoms with Crippen molar-refractivity contribution in [2.24, 2.45) is 0 Å². The maximum atomic E-state index is 13.0. The molecule has 152 valence electrons. The Balaban J connectivity index is 1.78. The maximum Gasteiger partial charge on any atom is 0.290 e. The van der Waals surface area contributed by atoms with Crippen LogP contribution in [0.2, 0.25) is 0 Å². The van der Waals surface area contributed by atoms with Gasteiger partial charge in [0.15, 0.2) is 5.76 Å². The lowest BCUT2D eigenvalue weighted by atomic mass is 10.1. The van der Waals surface area contributed by atoms with Gasteiger partial charge in [0.25, 0.3) is 5.91 Å². The minimum atomic E-state index is -0.282. The molecule has 0 bridgehead atoms. The van der Waals surface area contributed by atoms with Crippen LogP contribution in [0.25, 0.3) is 11.0 Å². The van der Waals surface area contributed by atoms with Gasteiger partial charge in [0.05, 0.1) is 6.54 Å². The number of hydrogen-bond donors (Lipinski definition) is 1. The first-order valence-electron chi connectivity index (χ1n) is 9.62. The lowest BCUT2D eigenvalue weighted by molar-refractivity contribution is -0.122. The van der Waals surface area contributed by atoms with Crippen LogP contribution in [0, 0.1) is 0 Å². The van der Waals surface area contributed by atoms with Crippen molar-refractivity contribution in [3.05, 3.63) is 71.5 Å².